The molecule has 1 saturated heterocycles. The Morgan fingerprint density at radius 1 is 1.23 bits per heavy atom. The Bertz CT molecular complexity index is 779. The summed E-state index contributed by atoms with van der Waals surface area (Å²) in [5, 5.41) is 12.0. The molecule has 1 amide bonds. The number of nitrogens with one attached hydrogen (secondary N) is 1. The number of hydrogen-bond acceptors (Lipinski definition) is 4. The fourth-order valence-corrected chi connectivity index (χ4v) is 3.66. The third-order valence-electron chi connectivity index (χ3n) is 4.92. The number of hydrogen-bond donors (Lipinski definition) is 2. The van der Waals surface area contributed by atoms with Gasteiger partial charge in [-0.2, -0.15) is 0 Å². The second kappa shape index (κ2) is 8.10. The number of benzene rings is 1. The number of carbonyl (C=O) groups is 2. The van der Waals surface area contributed by atoms with Crippen LogP contribution in [0, 0.1) is 5.92 Å². The van der Waals surface area contributed by atoms with E-state index in [2.05, 4.69) is 34.4 Å². The maximum absolute atomic E-state index is 12.4. The molecular weight excluding hydrogens is 330 g/mol. The number of aromatic carboxylic acids is 1. The highest BCUT2D eigenvalue weighted by molar-refractivity contribution is 5.96. The van der Waals surface area contributed by atoms with Crippen molar-refractivity contribution < 1.29 is 14.7 Å². The maximum Gasteiger partial charge on any atom is 0.337 e. The van der Waals surface area contributed by atoms with E-state index in [-0.39, 0.29) is 23.1 Å². The first kappa shape index (κ1) is 18.1. The van der Waals surface area contributed by atoms with Gasteiger partial charge in [0.2, 0.25) is 0 Å². The molecule has 2 heterocycles. The summed E-state index contributed by atoms with van der Waals surface area (Å²) in [4.78, 5) is 29.7. The minimum absolute atomic E-state index is 0.0113. The van der Waals surface area contributed by atoms with Crippen molar-refractivity contribution in [2.24, 2.45) is 5.92 Å². The van der Waals surface area contributed by atoms with Gasteiger partial charge in [-0.25, -0.2) is 4.79 Å². The van der Waals surface area contributed by atoms with Crippen molar-refractivity contribution in [3.05, 3.63) is 65.5 Å². The molecule has 0 saturated carbocycles. The van der Waals surface area contributed by atoms with Crippen LogP contribution in [0.4, 0.5) is 0 Å². The summed E-state index contributed by atoms with van der Waals surface area (Å²) in [6.45, 7) is 1.58. The van der Waals surface area contributed by atoms with Crippen LogP contribution < -0.4 is 5.32 Å². The molecule has 6 heteroatoms. The number of carboxylic acids is 1. The lowest BCUT2D eigenvalue weighted by Crippen LogP contribution is -2.41. The predicted molar refractivity (Wildman–Crippen MR) is 98.1 cm³/mol. The van der Waals surface area contributed by atoms with Gasteiger partial charge < -0.3 is 10.4 Å². The summed E-state index contributed by atoms with van der Waals surface area (Å²) in [5.74, 6) is -1.08. The molecular formula is C20H23N3O3. The lowest BCUT2D eigenvalue weighted by Gasteiger charge is -2.39. The van der Waals surface area contributed by atoms with E-state index in [0.717, 1.165) is 19.4 Å². The number of nitrogens with zero attached hydrogens (tertiary/aromatic N) is 2. The van der Waals surface area contributed by atoms with Gasteiger partial charge in [-0.15, -0.1) is 0 Å². The molecule has 1 aliphatic heterocycles. The van der Waals surface area contributed by atoms with Gasteiger partial charge in [-0.3, -0.25) is 14.7 Å². The highest BCUT2D eigenvalue weighted by Gasteiger charge is 2.30. The molecule has 1 aromatic heterocycles. The Labute approximate surface area is 152 Å². The Kier molecular flexibility index (Phi) is 5.63. The van der Waals surface area contributed by atoms with E-state index in [1.807, 2.05) is 18.2 Å². The number of pyridine rings is 1. The van der Waals surface area contributed by atoms with Gasteiger partial charge in [0.15, 0.2) is 0 Å². The van der Waals surface area contributed by atoms with Gasteiger partial charge in [0.25, 0.3) is 5.91 Å². The standard InChI is InChI=1S/C20H23N3O3/c1-23-9-5-8-15(18(23)14-6-3-2-4-7-14)13-22-19(24)16-10-17(20(25)26)12-21-11-16/h2-4,6-7,10-12,15,18H,5,8-9,13H2,1H3,(H,22,24)(H,25,26)/t15-,18-/m0/s1. The van der Waals surface area contributed by atoms with E-state index in [4.69, 9.17) is 5.11 Å². The number of piperidine rings is 1. The number of likely N-dealkylation sites (tertiary alicyclic amines) is 1. The van der Waals surface area contributed by atoms with Crippen molar-refractivity contribution >= 4 is 11.9 Å². The Morgan fingerprint density at radius 2 is 1.96 bits per heavy atom. The normalized spacial score (nSPS) is 20.5. The Hall–Kier alpha value is -2.73. The minimum atomic E-state index is -1.09. The number of aromatic nitrogens is 1. The molecule has 2 atom stereocenters. The number of amides is 1. The molecule has 1 aliphatic rings. The van der Waals surface area contributed by atoms with E-state index >= 15 is 0 Å². The molecule has 0 bridgehead atoms. The summed E-state index contributed by atoms with van der Waals surface area (Å²) in [6, 6.07) is 11.9. The smallest absolute Gasteiger partial charge is 0.337 e. The van der Waals surface area contributed by atoms with Crippen LogP contribution in [0.1, 0.15) is 45.2 Å². The molecule has 136 valence electrons. The largest absolute Gasteiger partial charge is 0.478 e. The molecule has 1 aromatic carbocycles. The van der Waals surface area contributed by atoms with Crippen molar-refractivity contribution in [2.75, 3.05) is 20.1 Å². The van der Waals surface area contributed by atoms with Gasteiger partial charge in [-0.1, -0.05) is 30.3 Å². The molecule has 0 spiro atoms. The molecule has 0 aliphatic carbocycles. The molecule has 1 fully saturated rings. The van der Waals surface area contributed by atoms with Crippen molar-refractivity contribution in [1.29, 1.82) is 0 Å². The summed E-state index contributed by atoms with van der Waals surface area (Å²) in [6.07, 6.45) is 4.76. The predicted octanol–water partition coefficient (Wildman–Crippen LogP) is 2.59. The third-order valence-corrected chi connectivity index (χ3v) is 4.92. The van der Waals surface area contributed by atoms with Crippen LogP contribution in [0.2, 0.25) is 0 Å². The summed E-state index contributed by atoms with van der Waals surface area (Å²) < 4.78 is 0. The van der Waals surface area contributed by atoms with Gasteiger partial charge in [0.05, 0.1) is 11.1 Å². The van der Waals surface area contributed by atoms with Crippen molar-refractivity contribution in [2.45, 2.75) is 18.9 Å². The second-order valence-corrected chi connectivity index (χ2v) is 6.72. The van der Waals surface area contributed by atoms with E-state index in [0.29, 0.717) is 12.5 Å². The van der Waals surface area contributed by atoms with Crippen LogP contribution in [0.15, 0.2) is 48.8 Å². The monoisotopic (exact) mass is 353 g/mol. The van der Waals surface area contributed by atoms with Crippen molar-refractivity contribution in [3.63, 3.8) is 0 Å². The van der Waals surface area contributed by atoms with E-state index in [1.54, 1.807) is 0 Å². The second-order valence-electron chi connectivity index (χ2n) is 6.72. The highest BCUT2D eigenvalue weighted by atomic mass is 16.4. The summed E-state index contributed by atoms with van der Waals surface area (Å²) in [5.41, 5.74) is 1.53. The fourth-order valence-electron chi connectivity index (χ4n) is 3.66. The Morgan fingerprint density at radius 3 is 2.69 bits per heavy atom. The first-order valence-corrected chi connectivity index (χ1v) is 8.78. The van der Waals surface area contributed by atoms with Gasteiger partial charge in [-0.05, 0) is 44.0 Å². The number of rotatable bonds is 5. The van der Waals surface area contributed by atoms with Crippen molar-refractivity contribution in [1.82, 2.24) is 15.2 Å². The fraction of sp³-hybridized carbons (Fsp3) is 0.350. The van der Waals surface area contributed by atoms with Crippen LogP contribution in [0.5, 0.6) is 0 Å². The summed E-state index contributed by atoms with van der Waals surface area (Å²) in [7, 11) is 2.12. The average molecular weight is 353 g/mol. The zero-order valence-corrected chi connectivity index (χ0v) is 14.8. The molecule has 26 heavy (non-hydrogen) atoms. The zero-order chi connectivity index (χ0) is 18.5. The van der Waals surface area contributed by atoms with Crippen molar-refractivity contribution in [3.8, 4) is 0 Å². The SMILES string of the molecule is CN1CCC[C@@H](CNC(=O)c2cncc(C(=O)O)c2)[C@@H]1c1ccccc1. The third kappa shape index (κ3) is 4.08. The van der Waals surface area contributed by atoms with E-state index in [1.165, 1.54) is 24.0 Å². The van der Waals surface area contributed by atoms with E-state index in [9.17, 15) is 9.59 Å². The first-order valence-electron chi connectivity index (χ1n) is 8.78. The maximum atomic E-state index is 12.4. The molecule has 2 N–H and O–H groups in total. The van der Waals surface area contributed by atoms with Gasteiger partial charge in [0, 0.05) is 25.0 Å². The Balaban J connectivity index is 1.70. The van der Waals surface area contributed by atoms with E-state index < -0.39 is 5.97 Å². The van der Waals surface area contributed by atoms with Crippen LogP contribution in [0.25, 0.3) is 0 Å². The molecule has 0 unspecified atom stereocenters. The average Bonchev–Trinajstić information content (AvgIpc) is 2.67. The van der Waals surface area contributed by atoms with Crippen LogP contribution in [0.3, 0.4) is 0 Å². The molecule has 2 aromatic rings. The summed E-state index contributed by atoms with van der Waals surface area (Å²) >= 11 is 0. The lowest BCUT2D eigenvalue weighted by atomic mass is 9.85. The van der Waals surface area contributed by atoms with Crippen LogP contribution in [-0.2, 0) is 0 Å². The van der Waals surface area contributed by atoms with Crippen LogP contribution in [-0.4, -0.2) is 47.0 Å². The zero-order valence-electron chi connectivity index (χ0n) is 14.8. The first-order chi connectivity index (χ1) is 12.6. The highest BCUT2D eigenvalue weighted by Crippen LogP contribution is 2.34. The molecule has 3 rings (SSSR count). The molecule has 0 radical (unpaired) electrons. The molecule has 6 nitrogen and oxygen atoms in total. The topological polar surface area (TPSA) is 82.5 Å². The minimum Gasteiger partial charge on any atom is -0.478 e. The van der Waals surface area contributed by atoms with Gasteiger partial charge >= 0.3 is 5.97 Å². The number of carboxylic acid groups (broad SMARTS) is 1. The number of carbonyl (C=O) groups excluding carboxylic acids is 1. The van der Waals surface area contributed by atoms with Gasteiger partial charge in [0.1, 0.15) is 0 Å². The lowest BCUT2D eigenvalue weighted by molar-refractivity contribution is 0.0696. The van der Waals surface area contributed by atoms with Crippen LogP contribution >= 0.6 is 0 Å². The quantitative estimate of drug-likeness (QED) is 0.863.